The number of aryl methyl sites for hydroxylation is 1. The predicted octanol–water partition coefficient (Wildman–Crippen LogP) is 4.89. The van der Waals surface area contributed by atoms with Gasteiger partial charge in [0, 0.05) is 25.3 Å². The molecular weight excluding hydrogens is 606 g/mol. The summed E-state index contributed by atoms with van der Waals surface area (Å²) in [6.45, 7) is 7.34. The van der Waals surface area contributed by atoms with Crippen molar-refractivity contribution in [1.29, 1.82) is 0 Å². The molecule has 0 saturated carbocycles. The molecule has 1 aliphatic rings. The molecule has 2 heterocycles. The van der Waals surface area contributed by atoms with E-state index in [1.54, 1.807) is 0 Å². The summed E-state index contributed by atoms with van der Waals surface area (Å²) < 4.78 is 18.7. The summed E-state index contributed by atoms with van der Waals surface area (Å²) in [5, 5.41) is 5.51. The molecule has 0 spiro atoms. The zero-order valence-corrected chi connectivity index (χ0v) is 29.7. The van der Waals surface area contributed by atoms with Gasteiger partial charge in [0.05, 0.1) is 0 Å². The van der Waals surface area contributed by atoms with Gasteiger partial charge in [-0.1, -0.05) is 109 Å². The molecule has 264 valence electrons. The monoisotopic (exact) mass is 667 g/mol. The first-order valence-electron chi connectivity index (χ1n) is 17.9. The van der Waals surface area contributed by atoms with Gasteiger partial charge in [0.1, 0.15) is 25.4 Å². The molecule has 9 nitrogen and oxygen atoms in total. The van der Waals surface area contributed by atoms with Crippen molar-refractivity contribution in [3.8, 4) is 0 Å². The largest absolute Gasteiger partial charge is 1.00 e. The summed E-state index contributed by atoms with van der Waals surface area (Å²) in [4.78, 5) is 37.3. The van der Waals surface area contributed by atoms with Gasteiger partial charge in [0.15, 0.2) is 18.0 Å². The number of nitrogens with one attached hydrogen (secondary N) is 2. The number of carbonyl (C=O) groups excluding carboxylic acids is 3. The fourth-order valence-electron chi connectivity index (χ4n) is 5.92. The molecule has 0 aliphatic carbocycles. The van der Waals surface area contributed by atoms with Crippen molar-refractivity contribution < 1.29 is 45.6 Å². The van der Waals surface area contributed by atoms with E-state index in [2.05, 4.69) is 17.6 Å². The van der Waals surface area contributed by atoms with Crippen molar-refractivity contribution in [2.45, 2.75) is 155 Å². The second-order valence-electron chi connectivity index (χ2n) is 12.6. The van der Waals surface area contributed by atoms with Gasteiger partial charge in [-0.25, -0.2) is 14.2 Å². The van der Waals surface area contributed by atoms with Crippen molar-refractivity contribution in [3.05, 3.63) is 30.1 Å². The van der Waals surface area contributed by atoms with Gasteiger partial charge in [-0.2, -0.15) is 0 Å². The molecule has 0 aromatic carbocycles. The maximum atomic E-state index is 12.7. The Hall–Kier alpha value is -2.39. The Bertz CT molecular complexity index is 973. The molecule has 2 atom stereocenters. The predicted molar refractivity (Wildman–Crippen MR) is 177 cm³/mol. The number of alkyl carbamates (subject to hydrolysis) is 2. The molecule has 1 aromatic heterocycles. The van der Waals surface area contributed by atoms with Crippen LogP contribution in [0.5, 0.6) is 0 Å². The molecule has 1 fully saturated rings. The second-order valence-corrected chi connectivity index (χ2v) is 12.6. The number of nitrogens with zero attached hydrogens (tertiary/aromatic N) is 1. The molecule has 0 radical (unpaired) electrons. The minimum absolute atomic E-state index is 0. The summed E-state index contributed by atoms with van der Waals surface area (Å²) >= 11 is 0. The van der Waals surface area contributed by atoms with Crippen LogP contribution in [0.1, 0.15) is 148 Å². The molecule has 2 rings (SSSR count). The zero-order chi connectivity index (χ0) is 32.6. The Labute approximate surface area is 284 Å². The summed E-state index contributed by atoms with van der Waals surface area (Å²) in [6, 6.07) is 4.69. The SMILES string of the molecule is CCCCCCCCCCCCCCCCCCNC(=O)OCC1(COC(=O)NC(C(C)=O)c2cccc[n+]2CC)CCCO1.[Cl-]. The first-order valence-corrected chi connectivity index (χ1v) is 17.9. The molecule has 1 saturated heterocycles. The summed E-state index contributed by atoms with van der Waals surface area (Å²) in [5.41, 5.74) is -0.203. The Morgan fingerprint density at radius 1 is 0.826 bits per heavy atom. The molecule has 1 aromatic rings. The zero-order valence-electron chi connectivity index (χ0n) is 28.9. The van der Waals surface area contributed by atoms with Crippen LogP contribution in [0, 0.1) is 0 Å². The third-order valence-electron chi connectivity index (χ3n) is 8.70. The number of Topliss-reactive ketones (excluding diaryl/α,β-unsaturated/α-hetero) is 1. The number of amides is 2. The molecule has 1 aliphatic heterocycles. The molecular formula is C36H62ClN3O6. The number of rotatable bonds is 25. The van der Waals surface area contributed by atoms with E-state index < -0.39 is 23.8 Å². The number of carbonyl (C=O) groups is 3. The smallest absolute Gasteiger partial charge is 0.408 e. The van der Waals surface area contributed by atoms with E-state index in [1.807, 2.05) is 35.9 Å². The van der Waals surface area contributed by atoms with Crippen LogP contribution in [0.25, 0.3) is 0 Å². The number of hydrogen-bond acceptors (Lipinski definition) is 6. The molecule has 2 N–H and O–H groups in total. The lowest BCUT2D eigenvalue weighted by Gasteiger charge is -2.27. The number of ketones is 1. The summed E-state index contributed by atoms with van der Waals surface area (Å²) in [6.07, 6.45) is 23.0. The van der Waals surface area contributed by atoms with Crippen LogP contribution >= 0.6 is 0 Å². The number of halogens is 1. The van der Waals surface area contributed by atoms with Crippen molar-refractivity contribution >= 4 is 18.0 Å². The van der Waals surface area contributed by atoms with Gasteiger partial charge in [0.25, 0.3) is 0 Å². The van der Waals surface area contributed by atoms with E-state index in [9.17, 15) is 14.4 Å². The van der Waals surface area contributed by atoms with Crippen LogP contribution in [0.15, 0.2) is 24.4 Å². The van der Waals surface area contributed by atoms with Crippen molar-refractivity contribution in [2.75, 3.05) is 26.4 Å². The maximum Gasteiger partial charge on any atom is 0.408 e. The Kier molecular flexibility index (Phi) is 23.2. The van der Waals surface area contributed by atoms with E-state index in [-0.39, 0.29) is 31.4 Å². The third-order valence-corrected chi connectivity index (χ3v) is 8.70. The first kappa shape index (κ1) is 41.6. The average Bonchev–Trinajstić information content (AvgIpc) is 3.52. The van der Waals surface area contributed by atoms with Crippen molar-refractivity contribution in [3.63, 3.8) is 0 Å². The van der Waals surface area contributed by atoms with Crippen LogP contribution in [-0.2, 0) is 25.5 Å². The van der Waals surface area contributed by atoms with E-state index in [0.717, 1.165) is 19.3 Å². The summed E-state index contributed by atoms with van der Waals surface area (Å²) in [7, 11) is 0. The normalized spacial score (nSPS) is 16.3. The average molecular weight is 668 g/mol. The Morgan fingerprint density at radius 2 is 1.37 bits per heavy atom. The van der Waals surface area contributed by atoms with Crippen LogP contribution in [0.3, 0.4) is 0 Å². The Balaban J connectivity index is 0.0000106. The fourth-order valence-corrected chi connectivity index (χ4v) is 5.92. The molecule has 46 heavy (non-hydrogen) atoms. The minimum atomic E-state index is -0.884. The molecule has 10 heteroatoms. The lowest BCUT2D eigenvalue weighted by molar-refractivity contribution is -0.701. The standard InChI is InChI=1S/C36H61N3O6.ClH/c1-4-6-7-8-9-10-11-12-13-14-15-16-17-18-19-21-26-37-34(41)43-29-36(25-23-28-45-36)30-44-35(42)38-33(31(3)40)32-24-20-22-27-39(32)5-2;/h20,22,24,27,33H,4-19,21,23,25-26,28-30H2,1-3H3,(H-,37,38,41,42);1H. The van der Waals surface area contributed by atoms with Crippen LogP contribution < -0.4 is 27.6 Å². The van der Waals surface area contributed by atoms with Crippen LogP contribution in [0.4, 0.5) is 9.59 Å². The lowest BCUT2D eigenvalue weighted by atomic mass is 10.0. The highest BCUT2D eigenvalue weighted by Crippen LogP contribution is 2.27. The number of pyridine rings is 1. The lowest BCUT2D eigenvalue weighted by Crippen LogP contribution is -3.00. The highest BCUT2D eigenvalue weighted by molar-refractivity contribution is 5.85. The molecule has 2 unspecified atom stereocenters. The maximum absolute atomic E-state index is 12.7. The first-order chi connectivity index (χ1) is 21.9. The van der Waals surface area contributed by atoms with E-state index in [1.165, 1.54) is 96.8 Å². The topological polar surface area (TPSA) is 107 Å². The highest BCUT2D eigenvalue weighted by Gasteiger charge is 2.39. The third kappa shape index (κ3) is 17.5. The Morgan fingerprint density at radius 3 is 1.87 bits per heavy atom. The van der Waals surface area contributed by atoms with E-state index >= 15 is 0 Å². The van der Waals surface area contributed by atoms with Crippen LogP contribution in [0.2, 0.25) is 0 Å². The quantitative estimate of drug-likeness (QED) is 0.114. The van der Waals surface area contributed by atoms with Gasteiger partial charge in [0.2, 0.25) is 5.69 Å². The van der Waals surface area contributed by atoms with Crippen LogP contribution in [-0.4, -0.2) is 49.9 Å². The number of ether oxygens (including phenoxy) is 3. The molecule has 0 bridgehead atoms. The number of aromatic nitrogens is 1. The van der Waals surface area contributed by atoms with Gasteiger partial charge >= 0.3 is 12.2 Å². The van der Waals surface area contributed by atoms with E-state index in [4.69, 9.17) is 14.2 Å². The fraction of sp³-hybridized carbons (Fsp3) is 0.778. The second kappa shape index (κ2) is 25.7. The minimum Gasteiger partial charge on any atom is -1.00 e. The summed E-state index contributed by atoms with van der Waals surface area (Å²) in [5.74, 6) is -0.198. The number of unbranched alkanes of at least 4 members (excludes halogenated alkanes) is 15. The van der Waals surface area contributed by atoms with Gasteiger partial charge < -0.3 is 37.3 Å². The van der Waals surface area contributed by atoms with Gasteiger partial charge in [-0.15, -0.1) is 0 Å². The van der Waals surface area contributed by atoms with Crippen molar-refractivity contribution in [1.82, 2.24) is 10.6 Å². The van der Waals surface area contributed by atoms with Gasteiger partial charge in [-0.3, -0.25) is 4.79 Å². The molecule has 2 amide bonds. The van der Waals surface area contributed by atoms with Crippen molar-refractivity contribution in [2.24, 2.45) is 0 Å². The number of hydrogen-bond donors (Lipinski definition) is 2. The highest BCUT2D eigenvalue weighted by atomic mass is 35.5. The van der Waals surface area contributed by atoms with Gasteiger partial charge in [-0.05, 0) is 33.1 Å². The van der Waals surface area contributed by atoms with E-state index in [0.29, 0.717) is 31.8 Å².